The zero-order valence-corrected chi connectivity index (χ0v) is 13.2. The molecule has 0 bridgehead atoms. The van der Waals surface area contributed by atoms with Gasteiger partial charge in [0, 0.05) is 19.0 Å². The number of aryl methyl sites for hydroxylation is 1. The maximum Gasteiger partial charge on any atom is 0.303 e. The second-order valence-electron chi connectivity index (χ2n) is 5.28. The number of ether oxygens (including phenoxy) is 1. The Kier molecular flexibility index (Phi) is 6.36. The second kappa shape index (κ2) is 8.73. The van der Waals surface area contributed by atoms with Gasteiger partial charge >= 0.3 is 5.97 Å². The molecule has 0 spiro atoms. The average Bonchev–Trinajstić information content (AvgIpc) is 2.58. The number of amides is 1. The third-order valence-electron chi connectivity index (χ3n) is 3.41. The Balaban J connectivity index is 1.87. The van der Waals surface area contributed by atoms with Crippen molar-refractivity contribution in [1.82, 2.24) is 5.32 Å². The molecule has 23 heavy (non-hydrogen) atoms. The van der Waals surface area contributed by atoms with Crippen LogP contribution in [0.25, 0.3) is 0 Å². The molecule has 1 unspecified atom stereocenters. The molecular weight excluding hydrogens is 290 g/mol. The summed E-state index contributed by atoms with van der Waals surface area (Å²) in [7, 11) is 0. The summed E-state index contributed by atoms with van der Waals surface area (Å²) in [6.45, 7) is 1.84. The Hall–Kier alpha value is -2.62. The van der Waals surface area contributed by atoms with E-state index >= 15 is 0 Å². The van der Waals surface area contributed by atoms with Crippen LogP contribution in [-0.2, 0) is 20.7 Å². The summed E-state index contributed by atoms with van der Waals surface area (Å²) in [6, 6.07) is 19.1. The van der Waals surface area contributed by atoms with E-state index in [0.29, 0.717) is 12.1 Å². The predicted molar refractivity (Wildman–Crippen MR) is 88.7 cm³/mol. The molecule has 0 fully saturated rings. The SMILES string of the molecule is CC(=O)OC(C(=O)NCCCc1ccccc1)c1ccccc1. The molecule has 0 heterocycles. The monoisotopic (exact) mass is 311 g/mol. The molecule has 0 aromatic heterocycles. The van der Waals surface area contributed by atoms with Gasteiger partial charge in [0.25, 0.3) is 5.91 Å². The molecule has 2 aromatic rings. The number of benzene rings is 2. The van der Waals surface area contributed by atoms with E-state index in [4.69, 9.17) is 4.74 Å². The van der Waals surface area contributed by atoms with Crippen molar-refractivity contribution in [3.63, 3.8) is 0 Å². The molecule has 0 aliphatic heterocycles. The van der Waals surface area contributed by atoms with Crippen molar-refractivity contribution in [2.75, 3.05) is 6.54 Å². The van der Waals surface area contributed by atoms with Crippen LogP contribution in [0.4, 0.5) is 0 Å². The lowest BCUT2D eigenvalue weighted by atomic mass is 10.1. The van der Waals surface area contributed by atoms with Gasteiger partial charge < -0.3 is 10.1 Å². The Morgan fingerprint density at radius 1 is 1.00 bits per heavy atom. The first kappa shape index (κ1) is 16.7. The third-order valence-corrected chi connectivity index (χ3v) is 3.41. The first-order valence-electron chi connectivity index (χ1n) is 7.70. The lowest BCUT2D eigenvalue weighted by Crippen LogP contribution is -2.32. The Labute approximate surface area is 136 Å². The van der Waals surface area contributed by atoms with Crippen molar-refractivity contribution in [2.24, 2.45) is 0 Å². The number of carbonyl (C=O) groups excluding carboxylic acids is 2. The fourth-order valence-corrected chi connectivity index (χ4v) is 2.31. The molecule has 1 N–H and O–H groups in total. The number of hydrogen-bond donors (Lipinski definition) is 1. The molecule has 0 radical (unpaired) electrons. The van der Waals surface area contributed by atoms with Gasteiger partial charge in [0.1, 0.15) is 0 Å². The number of rotatable bonds is 7. The van der Waals surface area contributed by atoms with Crippen LogP contribution < -0.4 is 5.32 Å². The van der Waals surface area contributed by atoms with Crippen LogP contribution in [0.3, 0.4) is 0 Å². The van der Waals surface area contributed by atoms with E-state index < -0.39 is 12.1 Å². The summed E-state index contributed by atoms with van der Waals surface area (Å²) in [6.07, 6.45) is 0.826. The van der Waals surface area contributed by atoms with Gasteiger partial charge in [0.15, 0.2) is 0 Å². The number of esters is 1. The summed E-state index contributed by atoms with van der Waals surface area (Å²) in [4.78, 5) is 23.5. The van der Waals surface area contributed by atoms with E-state index in [1.54, 1.807) is 12.1 Å². The highest BCUT2D eigenvalue weighted by atomic mass is 16.5. The standard InChI is InChI=1S/C19H21NO3/c1-15(21)23-18(17-12-6-3-7-13-17)19(22)20-14-8-11-16-9-4-2-5-10-16/h2-7,9-10,12-13,18H,8,11,14H2,1H3,(H,20,22). The first-order chi connectivity index (χ1) is 11.2. The molecule has 0 aliphatic carbocycles. The molecule has 1 amide bonds. The highest BCUT2D eigenvalue weighted by molar-refractivity contribution is 5.84. The molecule has 0 saturated carbocycles. The quantitative estimate of drug-likeness (QED) is 0.631. The van der Waals surface area contributed by atoms with Crippen molar-refractivity contribution in [2.45, 2.75) is 25.9 Å². The van der Waals surface area contributed by atoms with E-state index in [-0.39, 0.29) is 5.91 Å². The van der Waals surface area contributed by atoms with Gasteiger partial charge in [0.2, 0.25) is 6.10 Å². The molecule has 4 nitrogen and oxygen atoms in total. The van der Waals surface area contributed by atoms with Crippen LogP contribution in [0.2, 0.25) is 0 Å². The fourth-order valence-electron chi connectivity index (χ4n) is 2.31. The topological polar surface area (TPSA) is 55.4 Å². The fraction of sp³-hybridized carbons (Fsp3) is 0.263. The van der Waals surface area contributed by atoms with Crippen molar-refractivity contribution in [3.8, 4) is 0 Å². The Bertz CT molecular complexity index is 626. The van der Waals surface area contributed by atoms with E-state index in [1.165, 1.54) is 12.5 Å². The minimum Gasteiger partial charge on any atom is -0.447 e. The molecule has 4 heteroatoms. The summed E-state index contributed by atoms with van der Waals surface area (Å²) in [5.41, 5.74) is 1.91. The molecule has 2 aromatic carbocycles. The van der Waals surface area contributed by atoms with Crippen molar-refractivity contribution in [3.05, 3.63) is 71.8 Å². The highest BCUT2D eigenvalue weighted by Crippen LogP contribution is 2.17. The van der Waals surface area contributed by atoms with Crippen LogP contribution in [0.1, 0.15) is 30.6 Å². The molecule has 120 valence electrons. The highest BCUT2D eigenvalue weighted by Gasteiger charge is 2.22. The number of nitrogens with one attached hydrogen (secondary N) is 1. The van der Waals surface area contributed by atoms with Crippen LogP contribution in [0, 0.1) is 0 Å². The first-order valence-corrected chi connectivity index (χ1v) is 7.70. The molecule has 1 atom stereocenters. The lowest BCUT2D eigenvalue weighted by Gasteiger charge is -2.17. The zero-order valence-electron chi connectivity index (χ0n) is 13.2. The molecule has 2 rings (SSSR count). The third kappa shape index (κ3) is 5.58. The maximum absolute atomic E-state index is 12.3. The minimum absolute atomic E-state index is 0.292. The summed E-state index contributed by atoms with van der Waals surface area (Å²) >= 11 is 0. The molecule has 0 aliphatic rings. The van der Waals surface area contributed by atoms with Crippen LogP contribution in [0.5, 0.6) is 0 Å². The second-order valence-corrected chi connectivity index (χ2v) is 5.28. The van der Waals surface area contributed by atoms with Gasteiger partial charge in [-0.05, 0) is 18.4 Å². The van der Waals surface area contributed by atoms with Gasteiger partial charge in [-0.2, -0.15) is 0 Å². The lowest BCUT2D eigenvalue weighted by molar-refractivity contribution is -0.154. The largest absolute Gasteiger partial charge is 0.447 e. The van der Waals surface area contributed by atoms with Gasteiger partial charge in [0.05, 0.1) is 0 Å². The zero-order chi connectivity index (χ0) is 16.5. The predicted octanol–water partition coefficient (Wildman–Crippen LogP) is 3.04. The summed E-state index contributed by atoms with van der Waals surface area (Å²) in [5, 5.41) is 2.84. The van der Waals surface area contributed by atoms with Crippen LogP contribution >= 0.6 is 0 Å². The van der Waals surface area contributed by atoms with E-state index in [2.05, 4.69) is 17.4 Å². The average molecular weight is 311 g/mol. The van der Waals surface area contributed by atoms with Gasteiger partial charge in [-0.15, -0.1) is 0 Å². The molecular formula is C19H21NO3. The van der Waals surface area contributed by atoms with Crippen molar-refractivity contribution in [1.29, 1.82) is 0 Å². The van der Waals surface area contributed by atoms with Crippen LogP contribution in [0.15, 0.2) is 60.7 Å². The number of hydrogen-bond acceptors (Lipinski definition) is 3. The smallest absolute Gasteiger partial charge is 0.303 e. The van der Waals surface area contributed by atoms with Crippen molar-refractivity contribution < 1.29 is 14.3 Å². The van der Waals surface area contributed by atoms with Crippen molar-refractivity contribution >= 4 is 11.9 Å². The summed E-state index contributed by atoms with van der Waals surface area (Å²) < 4.78 is 5.16. The van der Waals surface area contributed by atoms with E-state index in [9.17, 15) is 9.59 Å². The van der Waals surface area contributed by atoms with E-state index in [1.807, 2.05) is 36.4 Å². The molecule has 0 saturated heterocycles. The van der Waals surface area contributed by atoms with Crippen LogP contribution in [-0.4, -0.2) is 18.4 Å². The van der Waals surface area contributed by atoms with Gasteiger partial charge in [-0.3, -0.25) is 9.59 Å². The normalized spacial score (nSPS) is 11.5. The van der Waals surface area contributed by atoms with Gasteiger partial charge in [-0.1, -0.05) is 60.7 Å². The minimum atomic E-state index is -0.898. The Morgan fingerprint density at radius 2 is 1.61 bits per heavy atom. The Morgan fingerprint density at radius 3 is 2.22 bits per heavy atom. The maximum atomic E-state index is 12.3. The van der Waals surface area contributed by atoms with E-state index in [0.717, 1.165) is 12.8 Å². The van der Waals surface area contributed by atoms with Gasteiger partial charge in [-0.25, -0.2) is 0 Å². The number of carbonyl (C=O) groups is 2. The summed E-state index contributed by atoms with van der Waals surface area (Å²) in [5.74, 6) is -0.766.